The summed E-state index contributed by atoms with van der Waals surface area (Å²) in [4.78, 5) is 11.8. The molecule has 0 aliphatic heterocycles. The predicted octanol–water partition coefficient (Wildman–Crippen LogP) is 1.30. The Bertz CT molecular complexity index is 655. The molecule has 1 aliphatic rings. The van der Waals surface area contributed by atoms with E-state index in [2.05, 4.69) is 26.9 Å². The smallest absolute Gasteiger partial charge is 0.269 e. The zero-order chi connectivity index (χ0) is 16.1. The number of carbonyl (C=O) groups is 1. The predicted molar refractivity (Wildman–Crippen MR) is 87.7 cm³/mol. The summed E-state index contributed by atoms with van der Waals surface area (Å²) < 4.78 is 5.43. The molecule has 122 valence electrons. The second kappa shape index (κ2) is 7.28. The molecule has 3 N–H and O–H groups in total. The topological polar surface area (TPSA) is 79.0 Å². The fraction of sp³-hybridized carbons (Fsp3) is 0.412. The van der Waals surface area contributed by atoms with Crippen LogP contribution in [-0.4, -0.2) is 42.3 Å². The highest BCUT2D eigenvalue weighted by Crippen LogP contribution is 2.29. The van der Waals surface area contributed by atoms with Crippen LogP contribution in [0.15, 0.2) is 30.5 Å². The molecule has 1 atom stereocenters. The zero-order valence-corrected chi connectivity index (χ0v) is 13.3. The van der Waals surface area contributed by atoms with Crippen LogP contribution in [0.5, 0.6) is 5.75 Å². The first-order valence-electron chi connectivity index (χ1n) is 7.93. The third-order valence-electron chi connectivity index (χ3n) is 4.25. The average Bonchev–Trinajstić information content (AvgIpc) is 3.12. The van der Waals surface area contributed by atoms with E-state index in [4.69, 9.17) is 4.74 Å². The first kappa shape index (κ1) is 15.6. The largest absolute Gasteiger partial charge is 0.496 e. The van der Waals surface area contributed by atoms with Crippen molar-refractivity contribution in [3.05, 3.63) is 47.3 Å². The molecule has 0 fully saturated rings. The number of rotatable bonds is 6. The number of nitrogens with one attached hydrogen (secondary N) is 3. The van der Waals surface area contributed by atoms with Crippen LogP contribution >= 0.6 is 0 Å². The SMILES string of the molecule is COc1cccc2c1CCC(NCCNC(=O)c1ccn[nH]1)C2. The quantitative estimate of drug-likeness (QED) is 0.702. The summed E-state index contributed by atoms with van der Waals surface area (Å²) in [5, 5.41) is 12.8. The Hall–Kier alpha value is -2.34. The molecule has 1 aromatic heterocycles. The van der Waals surface area contributed by atoms with Crippen molar-refractivity contribution in [3.63, 3.8) is 0 Å². The molecule has 1 aromatic carbocycles. The summed E-state index contributed by atoms with van der Waals surface area (Å²) in [6.45, 7) is 1.35. The Morgan fingerprint density at radius 3 is 3.09 bits per heavy atom. The number of methoxy groups -OCH3 is 1. The number of amides is 1. The maximum Gasteiger partial charge on any atom is 0.269 e. The fourth-order valence-electron chi connectivity index (χ4n) is 3.07. The normalized spacial score (nSPS) is 16.7. The lowest BCUT2D eigenvalue weighted by Crippen LogP contribution is -2.40. The van der Waals surface area contributed by atoms with Crippen LogP contribution in [0.4, 0.5) is 0 Å². The van der Waals surface area contributed by atoms with Gasteiger partial charge in [-0.3, -0.25) is 9.89 Å². The minimum absolute atomic E-state index is 0.122. The van der Waals surface area contributed by atoms with Crippen molar-refractivity contribution in [2.24, 2.45) is 0 Å². The van der Waals surface area contributed by atoms with E-state index in [9.17, 15) is 4.79 Å². The summed E-state index contributed by atoms with van der Waals surface area (Å²) in [5.41, 5.74) is 3.18. The first-order valence-corrected chi connectivity index (χ1v) is 7.93. The van der Waals surface area contributed by atoms with Crippen LogP contribution in [0.1, 0.15) is 28.0 Å². The third kappa shape index (κ3) is 3.71. The van der Waals surface area contributed by atoms with Gasteiger partial charge in [0, 0.05) is 25.3 Å². The highest BCUT2D eigenvalue weighted by Gasteiger charge is 2.20. The molecule has 23 heavy (non-hydrogen) atoms. The number of aromatic amines is 1. The number of carbonyl (C=O) groups excluding carboxylic acids is 1. The molecule has 0 radical (unpaired) electrons. The van der Waals surface area contributed by atoms with Gasteiger partial charge in [0.2, 0.25) is 0 Å². The molecule has 1 unspecified atom stereocenters. The van der Waals surface area contributed by atoms with E-state index in [0.29, 0.717) is 18.3 Å². The van der Waals surface area contributed by atoms with E-state index in [1.54, 1.807) is 19.4 Å². The lowest BCUT2D eigenvalue weighted by Gasteiger charge is -2.26. The molecule has 1 amide bonds. The number of fused-ring (bicyclic) bond motifs is 1. The van der Waals surface area contributed by atoms with Crippen LogP contribution in [0.25, 0.3) is 0 Å². The van der Waals surface area contributed by atoms with E-state index in [-0.39, 0.29) is 5.91 Å². The van der Waals surface area contributed by atoms with E-state index >= 15 is 0 Å². The standard InChI is InChI=1S/C17H22N4O2/c1-23-16-4-2-3-12-11-13(5-6-14(12)16)18-9-10-19-17(22)15-7-8-20-21-15/h2-4,7-8,13,18H,5-6,9-11H2,1H3,(H,19,22)(H,20,21). The summed E-state index contributed by atoms with van der Waals surface area (Å²) in [7, 11) is 1.72. The number of hydrogen-bond donors (Lipinski definition) is 3. The molecule has 1 heterocycles. The van der Waals surface area contributed by atoms with Gasteiger partial charge in [-0.15, -0.1) is 0 Å². The molecular formula is C17H22N4O2. The van der Waals surface area contributed by atoms with Gasteiger partial charge >= 0.3 is 0 Å². The van der Waals surface area contributed by atoms with E-state index in [1.807, 2.05) is 12.1 Å². The minimum atomic E-state index is -0.122. The molecule has 0 saturated heterocycles. The van der Waals surface area contributed by atoms with E-state index in [0.717, 1.165) is 31.6 Å². The van der Waals surface area contributed by atoms with Gasteiger partial charge < -0.3 is 15.4 Å². The summed E-state index contributed by atoms with van der Waals surface area (Å²) >= 11 is 0. The Morgan fingerprint density at radius 1 is 1.39 bits per heavy atom. The molecule has 6 nitrogen and oxygen atoms in total. The van der Waals surface area contributed by atoms with Crippen LogP contribution in [0.2, 0.25) is 0 Å². The Kier molecular flexibility index (Phi) is 4.92. The lowest BCUT2D eigenvalue weighted by atomic mass is 9.87. The summed E-state index contributed by atoms with van der Waals surface area (Å²) in [6.07, 6.45) is 4.68. The van der Waals surface area contributed by atoms with Crippen LogP contribution < -0.4 is 15.4 Å². The molecular weight excluding hydrogens is 292 g/mol. The number of benzene rings is 1. The number of ether oxygens (including phenoxy) is 1. The Morgan fingerprint density at radius 2 is 2.30 bits per heavy atom. The van der Waals surface area contributed by atoms with Gasteiger partial charge in [-0.1, -0.05) is 12.1 Å². The lowest BCUT2D eigenvalue weighted by molar-refractivity contribution is 0.0948. The highest BCUT2D eigenvalue weighted by atomic mass is 16.5. The molecule has 2 aromatic rings. The number of hydrogen-bond acceptors (Lipinski definition) is 4. The summed E-state index contributed by atoms with van der Waals surface area (Å²) in [6, 6.07) is 8.35. The van der Waals surface area contributed by atoms with Gasteiger partial charge in [-0.05, 0) is 42.5 Å². The van der Waals surface area contributed by atoms with Gasteiger partial charge in [0.25, 0.3) is 5.91 Å². The first-order chi connectivity index (χ1) is 11.3. The molecule has 0 saturated carbocycles. The molecule has 1 aliphatic carbocycles. The van der Waals surface area contributed by atoms with Gasteiger partial charge in [0.15, 0.2) is 0 Å². The molecule has 3 rings (SSSR count). The van der Waals surface area contributed by atoms with Crippen molar-refractivity contribution in [2.75, 3.05) is 20.2 Å². The van der Waals surface area contributed by atoms with Crippen molar-refractivity contribution in [3.8, 4) is 5.75 Å². The molecule has 6 heteroatoms. The number of nitrogens with zero attached hydrogens (tertiary/aromatic N) is 1. The number of H-pyrrole nitrogens is 1. The van der Waals surface area contributed by atoms with Gasteiger partial charge in [-0.2, -0.15) is 5.10 Å². The van der Waals surface area contributed by atoms with E-state index < -0.39 is 0 Å². The van der Waals surface area contributed by atoms with E-state index in [1.165, 1.54) is 11.1 Å². The molecule has 0 spiro atoms. The Balaban J connectivity index is 1.44. The van der Waals surface area contributed by atoms with Gasteiger partial charge in [0.1, 0.15) is 11.4 Å². The average molecular weight is 314 g/mol. The van der Waals surface area contributed by atoms with Gasteiger partial charge in [0.05, 0.1) is 7.11 Å². The zero-order valence-electron chi connectivity index (χ0n) is 13.3. The van der Waals surface area contributed by atoms with Crippen molar-refractivity contribution >= 4 is 5.91 Å². The minimum Gasteiger partial charge on any atom is -0.496 e. The second-order valence-corrected chi connectivity index (χ2v) is 5.72. The van der Waals surface area contributed by atoms with Crippen molar-refractivity contribution < 1.29 is 9.53 Å². The third-order valence-corrected chi connectivity index (χ3v) is 4.25. The van der Waals surface area contributed by atoms with Crippen molar-refractivity contribution in [1.82, 2.24) is 20.8 Å². The maximum absolute atomic E-state index is 11.8. The fourth-order valence-corrected chi connectivity index (χ4v) is 3.07. The monoisotopic (exact) mass is 314 g/mol. The van der Waals surface area contributed by atoms with Crippen LogP contribution in [-0.2, 0) is 12.8 Å². The van der Waals surface area contributed by atoms with Gasteiger partial charge in [-0.25, -0.2) is 0 Å². The number of aromatic nitrogens is 2. The van der Waals surface area contributed by atoms with Crippen LogP contribution in [0, 0.1) is 0 Å². The molecule has 0 bridgehead atoms. The maximum atomic E-state index is 11.8. The summed E-state index contributed by atoms with van der Waals surface area (Å²) in [5.74, 6) is 0.871. The van der Waals surface area contributed by atoms with Crippen LogP contribution in [0.3, 0.4) is 0 Å². The van der Waals surface area contributed by atoms with Crippen molar-refractivity contribution in [2.45, 2.75) is 25.3 Å². The second-order valence-electron chi connectivity index (χ2n) is 5.72. The highest BCUT2D eigenvalue weighted by molar-refractivity contribution is 5.92. The van der Waals surface area contributed by atoms with Crippen molar-refractivity contribution in [1.29, 1.82) is 0 Å². The Labute approximate surface area is 135 Å².